The third kappa shape index (κ3) is 25.3. The van der Waals surface area contributed by atoms with E-state index in [0.717, 1.165) is 12.8 Å². The zero-order valence-electron chi connectivity index (χ0n) is 15.1. The molecule has 0 rings (SSSR count). The molecule has 22 heavy (non-hydrogen) atoms. The minimum Gasteiger partial charge on any atom is -0.550 e. The molecule has 0 aliphatic rings. The number of rotatable bonds is 16. The Hall–Kier alpha value is 0.313. The summed E-state index contributed by atoms with van der Waals surface area (Å²) >= 11 is 0. The second-order valence-electron chi connectivity index (χ2n) is 6.07. The molecule has 0 heterocycles. The molecule has 4 N–H and O–H groups in total. The quantitative estimate of drug-likeness (QED) is 0.358. The summed E-state index contributed by atoms with van der Waals surface area (Å²) in [6, 6.07) is 0. The van der Waals surface area contributed by atoms with Crippen molar-refractivity contribution in [1.29, 1.82) is 0 Å². The minimum atomic E-state index is -0.903. The van der Waals surface area contributed by atoms with Crippen LogP contribution in [0.4, 0.5) is 0 Å². The van der Waals surface area contributed by atoms with Crippen LogP contribution in [0.3, 0.4) is 0 Å². The van der Waals surface area contributed by atoms with Gasteiger partial charge in [-0.25, -0.2) is 0 Å². The zero-order chi connectivity index (χ0) is 14.9. The summed E-state index contributed by atoms with van der Waals surface area (Å²) in [7, 11) is 0. The molecular weight excluding hydrogens is 353 g/mol. The molecular formula is C18H39NO2Zr. The van der Waals surface area contributed by atoms with Crippen molar-refractivity contribution in [2.24, 2.45) is 0 Å². The Kier molecular flexibility index (Phi) is 29.1. The molecule has 0 saturated carbocycles. The molecule has 0 atom stereocenters. The van der Waals surface area contributed by atoms with E-state index in [1.807, 2.05) is 0 Å². The van der Waals surface area contributed by atoms with Gasteiger partial charge in [-0.05, 0) is 12.8 Å². The summed E-state index contributed by atoms with van der Waals surface area (Å²) < 4.78 is 0. The molecule has 0 aromatic rings. The van der Waals surface area contributed by atoms with E-state index in [1.54, 1.807) is 0 Å². The Morgan fingerprint density at radius 1 is 0.636 bits per heavy atom. The molecule has 0 aromatic heterocycles. The fourth-order valence-corrected chi connectivity index (χ4v) is 2.64. The summed E-state index contributed by atoms with van der Waals surface area (Å²) in [4.78, 5) is 10.2. The van der Waals surface area contributed by atoms with Gasteiger partial charge in [-0.3, -0.25) is 0 Å². The number of hydrogen-bond donors (Lipinski definition) is 1. The number of hydrogen-bond acceptors (Lipinski definition) is 2. The molecule has 0 radical (unpaired) electrons. The van der Waals surface area contributed by atoms with Crippen LogP contribution in [0.25, 0.3) is 0 Å². The van der Waals surface area contributed by atoms with Crippen molar-refractivity contribution >= 4 is 5.97 Å². The van der Waals surface area contributed by atoms with Crippen LogP contribution in [-0.4, -0.2) is 5.97 Å². The van der Waals surface area contributed by atoms with Crippen molar-refractivity contribution < 1.29 is 36.1 Å². The summed E-state index contributed by atoms with van der Waals surface area (Å²) in [6.45, 7) is 2.27. The Morgan fingerprint density at radius 2 is 0.909 bits per heavy atom. The second kappa shape index (κ2) is 23.6. The molecule has 0 unspecified atom stereocenters. The first-order valence-electron chi connectivity index (χ1n) is 8.97. The number of carboxylic acid groups (broad SMARTS) is 1. The van der Waals surface area contributed by atoms with Crippen LogP contribution in [0.1, 0.15) is 110 Å². The van der Waals surface area contributed by atoms with Crippen molar-refractivity contribution in [3.8, 4) is 0 Å². The Bertz CT molecular complexity index is 213. The van der Waals surface area contributed by atoms with Crippen molar-refractivity contribution in [3.63, 3.8) is 0 Å². The Morgan fingerprint density at radius 3 is 1.18 bits per heavy atom. The maximum Gasteiger partial charge on any atom is 0.0414 e. The molecule has 0 aliphatic heterocycles. The smallest absolute Gasteiger partial charge is 0.0414 e. The summed E-state index contributed by atoms with van der Waals surface area (Å²) in [5, 5.41) is 10.2. The molecule has 3 nitrogen and oxygen atoms in total. The average Bonchev–Trinajstić information content (AvgIpc) is 2.43. The van der Waals surface area contributed by atoms with E-state index in [-0.39, 0.29) is 38.8 Å². The largest absolute Gasteiger partial charge is 0.550 e. The third-order valence-corrected chi connectivity index (χ3v) is 3.98. The van der Waals surface area contributed by atoms with Crippen LogP contribution in [-0.2, 0) is 31.0 Å². The number of quaternary nitrogens is 1. The number of unbranched alkanes of at least 4 members (excludes halogenated alkanes) is 14. The van der Waals surface area contributed by atoms with Crippen LogP contribution < -0.4 is 11.3 Å². The van der Waals surface area contributed by atoms with Crippen molar-refractivity contribution in [1.82, 2.24) is 6.15 Å². The van der Waals surface area contributed by atoms with Gasteiger partial charge in [0.1, 0.15) is 0 Å². The van der Waals surface area contributed by atoms with Gasteiger partial charge in [0, 0.05) is 32.2 Å². The van der Waals surface area contributed by atoms with Crippen LogP contribution in [0.5, 0.6) is 0 Å². The summed E-state index contributed by atoms with van der Waals surface area (Å²) in [6.07, 6.45) is 19.9. The van der Waals surface area contributed by atoms with E-state index in [9.17, 15) is 9.90 Å². The summed E-state index contributed by atoms with van der Waals surface area (Å²) in [5.41, 5.74) is 0. The third-order valence-electron chi connectivity index (χ3n) is 3.98. The van der Waals surface area contributed by atoms with Crippen LogP contribution >= 0.6 is 0 Å². The van der Waals surface area contributed by atoms with E-state index >= 15 is 0 Å². The molecule has 0 amide bonds. The number of aliphatic carboxylic acids is 1. The van der Waals surface area contributed by atoms with Crippen LogP contribution in [0.15, 0.2) is 0 Å². The van der Waals surface area contributed by atoms with Crippen LogP contribution in [0, 0.1) is 0 Å². The maximum absolute atomic E-state index is 10.2. The average molecular weight is 393 g/mol. The first-order chi connectivity index (χ1) is 9.77. The first kappa shape index (κ1) is 27.2. The summed E-state index contributed by atoms with van der Waals surface area (Å²) in [5.74, 6) is -0.903. The van der Waals surface area contributed by atoms with Crippen molar-refractivity contribution in [2.75, 3.05) is 0 Å². The molecule has 0 spiro atoms. The predicted octanol–water partition coefficient (Wildman–Crippen LogP) is 5.37. The predicted molar refractivity (Wildman–Crippen MR) is 90.5 cm³/mol. The fraction of sp³-hybridized carbons (Fsp3) is 0.944. The van der Waals surface area contributed by atoms with E-state index in [1.165, 1.54) is 83.5 Å². The minimum absolute atomic E-state index is 0. The van der Waals surface area contributed by atoms with Gasteiger partial charge >= 0.3 is 0 Å². The fourth-order valence-electron chi connectivity index (χ4n) is 2.64. The van der Waals surface area contributed by atoms with Gasteiger partial charge < -0.3 is 16.1 Å². The number of carboxylic acids is 1. The van der Waals surface area contributed by atoms with E-state index in [0.29, 0.717) is 0 Å². The molecule has 4 heteroatoms. The van der Waals surface area contributed by atoms with Gasteiger partial charge in [0.15, 0.2) is 0 Å². The molecule has 0 saturated heterocycles. The van der Waals surface area contributed by atoms with Gasteiger partial charge in [0.05, 0.1) is 0 Å². The second-order valence-corrected chi connectivity index (χ2v) is 6.07. The van der Waals surface area contributed by atoms with E-state index in [4.69, 9.17) is 0 Å². The number of carbonyl (C=O) groups is 1. The van der Waals surface area contributed by atoms with Gasteiger partial charge in [-0.15, -0.1) is 0 Å². The van der Waals surface area contributed by atoms with Gasteiger partial charge in [-0.1, -0.05) is 96.8 Å². The number of carbonyl (C=O) groups excluding carboxylic acids is 1. The van der Waals surface area contributed by atoms with E-state index in [2.05, 4.69) is 6.92 Å². The molecule has 0 aromatic carbocycles. The first-order valence-corrected chi connectivity index (χ1v) is 8.97. The van der Waals surface area contributed by atoms with Gasteiger partial charge in [0.2, 0.25) is 0 Å². The Labute approximate surface area is 157 Å². The molecule has 132 valence electrons. The van der Waals surface area contributed by atoms with Gasteiger partial charge in [-0.2, -0.15) is 0 Å². The standard InChI is InChI=1S/C18H36O2.H3N.Zr/c1-2-3-4-5-6-7-8-9-10-11-12-13-14-15-16-17-18(19)20;;/h2-17H2,1H3,(H,19,20);1H3;. The van der Waals surface area contributed by atoms with E-state index < -0.39 is 5.97 Å². The Balaban J connectivity index is -0.00000180. The molecule has 0 bridgehead atoms. The molecule has 0 aliphatic carbocycles. The topological polar surface area (TPSA) is 76.6 Å². The van der Waals surface area contributed by atoms with Crippen molar-refractivity contribution in [2.45, 2.75) is 110 Å². The van der Waals surface area contributed by atoms with Crippen LogP contribution in [0.2, 0.25) is 0 Å². The van der Waals surface area contributed by atoms with Crippen molar-refractivity contribution in [3.05, 3.63) is 0 Å². The normalized spacial score (nSPS) is 9.86. The maximum atomic E-state index is 10.2. The molecule has 0 fully saturated rings. The SMILES string of the molecule is CCCCCCCCCCCCCCCCCC(=O)[O-].[NH4+].[Zr]. The zero-order valence-corrected chi connectivity index (χ0v) is 17.6. The monoisotopic (exact) mass is 391 g/mol. The van der Waals surface area contributed by atoms with Gasteiger partial charge in [0.25, 0.3) is 0 Å².